The predicted molar refractivity (Wildman–Crippen MR) is 122 cm³/mol. The van der Waals surface area contributed by atoms with E-state index in [0.717, 1.165) is 17.9 Å². The minimum Gasteiger partial charge on any atom is -0.479 e. The molecule has 0 amide bonds. The number of alkyl halides is 3. The van der Waals surface area contributed by atoms with Crippen LogP contribution in [0.2, 0.25) is 0 Å². The lowest BCUT2D eigenvalue weighted by Gasteiger charge is -2.14. The number of benzene rings is 3. The van der Waals surface area contributed by atoms with Gasteiger partial charge in [-0.3, -0.25) is 0 Å². The predicted octanol–water partition coefficient (Wildman–Crippen LogP) is 6.74. The van der Waals surface area contributed by atoms with E-state index in [1.165, 1.54) is 17.7 Å². The Morgan fingerprint density at radius 1 is 0.879 bits per heavy atom. The summed E-state index contributed by atoms with van der Waals surface area (Å²) in [5.74, 6) is 2.22. The lowest BCUT2D eigenvalue weighted by Crippen LogP contribution is -2.26. The molecule has 8 heteroatoms. The molecule has 1 atom stereocenters. The van der Waals surface area contributed by atoms with Gasteiger partial charge < -0.3 is 14.2 Å². The van der Waals surface area contributed by atoms with Crippen LogP contribution in [0.4, 0.5) is 13.2 Å². The molecule has 0 heterocycles. The van der Waals surface area contributed by atoms with Crippen LogP contribution in [0.1, 0.15) is 18.1 Å². The summed E-state index contributed by atoms with van der Waals surface area (Å²) in [7, 11) is 0. The van der Waals surface area contributed by atoms with Gasteiger partial charge in [0.1, 0.15) is 23.9 Å². The van der Waals surface area contributed by atoms with Gasteiger partial charge in [0.15, 0.2) is 6.10 Å². The normalized spacial score (nSPS) is 12.1. The lowest BCUT2D eigenvalue weighted by molar-refractivity contribution is -0.150. The minimum absolute atomic E-state index is 0.277. The summed E-state index contributed by atoms with van der Waals surface area (Å²) in [5, 5.41) is 0. The number of halogens is 3. The topological polar surface area (TPSA) is 44.8 Å². The highest BCUT2D eigenvalue weighted by Crippen LogP contribution is 2.31. The maximum atomic E-state index is 12.6. The van der Waals surface area contributed by atoms with E-state index in [1.54, 1.807) is 43.0 Å². The highest BCUT2D eigenvalue weighted by molar-refractivity contribution is 7.98. The number of thioether (sulfide) groups is 1. The molecule has 0 N–H and O–H groups in total. The van der Waals surface area contributed by atoms with E-state index in [0.29, 0.717) is 23.9 Å². The van der Waals surface area contributed by atoms with Crippen molar-refractivity contribution >= 4 is 17.7 Å². The summed E-state index contributed by atoms with van der Waals surface area (Å²) in [6.45, 7) is 1.90. The molecule has 33 heavy (non-hydrogen) atoms. The highest BCUT2D eigenvalue weighted by atomic mass is 32.2. The summed E-state index contributed by atoms with van der Waals surface area (Å²) < 4.78 is 54.3. The summed E-state index contributed by atoms with van der Waals surface area (Å²) in [6.07, 6.45) is -5.18. The van der Waals surface area contributed by atoms with E-state index in [4.69, 9.17) is 14.2 Å². The van der Waals surface area contributed by atoms with Gasteiger partial charge in [-0.05, 0) is 61.0 Å². The maximum absolute atomic E-state index is 12.6. The summed E-state index contributed by atoms with van der Waals surface area (Å²) in [5.41, 5.74) is 0.477. The first-order chi connectivity index (χ1) is 15.8. The zero-order chi connectivity index (χ0) is 23.7. The molecule has 0 aliphatic heterocycles. The zero-order valence-corrected chi connectivity index (χ0v) is 18.7. The van der Waals surface area contributed by atoms with E-state index >= 15 is 0 Å². The molecule has 4 nitrogen and oxygen atoms in total. The third-order valence-electron chi connectivity index (χ3n) is 4.47. The Morgan fingerprint density at radius 2 is 1.45 bits per heavy atom. The van der Waals surface area contributed by atoms with Crippen LogP contribution in [0.15, 0.2) is 78.9 Å². The van der Waals surface area contributed by atoms with Crippen LogP contribution in [-0.2, 0) is 21.5 Å². The van der Waals surface area contributed by atoms with Crippen molar-refractivity contribution in [3.63, 3.8) is 0 Å². The first-order valence-electron chi connectivity index (χ1n) is 10.2. The summed E-state index contributed by atoms with van der Waals surface area (Å²) >= 11 is 1.68. The van der Waals surface area contributed by atoms with Gasteiger partial charge in [0.05, 0.1) is 5.56 Å². The van der Waals surface area contributed by atoms with Gasteiger partial charge in [-0.25, -0.2) is 4.79 Å². The van der Waals surface area contributed by atoms with Crippen molar-refractivity contribution < 1.29 is 32.2 Å². The fraction of sp³-hybridized carbons (Fsp3) is 0.240. The molecular formula is C25H23F3O4S. The number of esters is 1. The number of carbonyl (C=O) groups is 1. The van der Waals surface area contributed by atoms with Gasteiger partial charge in [0.2, 0.25) is 0 Å². The summed E-state index contributed by atoms with van der Waals surface area (Å²) in [6, 6.07) is 20.9. The number of rotatable bonds is 10. The number of hydrogen-bond acceptors (Lipinski definition) is 5. The number of hydrogen-bond donors (Lipinski definition) is 0. The Bertz CT molecular complexity index is 1010. The third kappa shape index (κ3) is 8.05. The van der Waals surface area contributed by atoms with E-state index < -0.39 is 23.8 Å². The second-order valence-electron chi connectivity index (χ2n) is 7.06. The first-order valence-corrected chi connectivity index (χ1v) is 11.4. The van der Waals surface area contributed by atoms with Crippen molar-refractivity contribution in [1.82, 2.24) is 0 Å². The van der Waals surface area contributed by atoms with Crippen molar-refractivity contribution in [2.24, 2.45) is 0 Å². The van der Waals surface area contributed by atoms with Crippen LogP contribution in [0.3, 0.4) is 0 Å². The van der Waals surface area contributed by atoms with Gasteiger partial charge in [0, 0.05) is 11.5 Å². The fourth-order valence-corrected chi connectivity index (χ4v) is 3.54. The zero-order valence-electron chi connectivity index (χ0n) is 17.9. The van der Waals surface area contributed by atoms with Crippen molar-refractivity contribution in [1.29, 1.82) is 0 Å². The molecule has 1 unspecified atom stereocenters. The third-order valence-corrected chi connectivity index (χ3v) is 5.46. The monoisotopic (exact) mass is 476 g/mol. The first kappa shape index (κ1) is 24.5. The molecule has 0 aliphatic carbocycles. The number of ether oxygens (including phenoxy) is 3. The molecule has 0 saturated heterocycles. The van der Waals surface area contributed by atoms with Crippen LogP contribution in [-0.4, -0.2) is 24.4 Å². The van der Waals surface area contributed by atoms with Gasteiger partial charge in [-0.1, -0.05) is 30.3 Å². The quantitative estimate of drug-likeness (QED) is 0.239. The Labute approximate surface area is 194 Å². The highest BCUT2D eigenvalue weighted by Gasteiger charge is 2.30. The Balaban J connectivity index is 1.39. The molecule has 0 spiro atoms. The molecule has 3 aromatic carbocycles. The van der Waals surface area contributed by atoms with Crippen LogP contribution in [0.5, 0.6) is 17.2 Å². The van der Waals surface area contributed by atoms with Gasteiger partial charge >= 0.3 is 12.1 Å². The van der Waals surface area contributed by atoms with Crippen molar-refractivity contribution in [2.75, 3.05) is 12.4 Å². The number of carbonyl (C=O) groups excluding carboxylic acids is 1. The molecule has 0 bridgehead atoms. The maximum Gasteiger partial charge on any atom is 0.416 e. The molecule has 0 aliphatic rings. The average molecular weight is 477 g/mol. The van der Waals surface area contributed by atoms with Crippen molar-refractivity contribution in [2.45, 2.75) is 25.0 Å². The Kier molecular flexibility index (Phi) is 8.65. The molecule has 3 aromatic rings. The van der Waals surface area contributed by atoms with Crippen molar-refractivity contribution in [3.05, 3.63) is 90.0 Å². The van der Waals surface area contributed by atoms with Crippen molar-refractivity contribution in [3.8, 4) is 17.2 Å². The van der Waals surface area contributed by atoms with E-state index in [1.807, 2.05) is 18.2 Å². The Morgan fingerprint density at radius 3 is 2.06 bits per heavy atom. The minimum atomic E-state index is -4.39. The van der Waals surface area contributed by atoms with Crippen LogP contribution >= 0.6 is 11.8 Å². The second kappa shape index (κ2) is 11.7. The molecule has 0 radical (unpaired) electrons. The average Bonchev–Trinajstić information content (AvgIpc) is 2.80. The van der Waals surface area contributed by atoms with Gasteiger partial charge in [0.25, 0.3) is 0 Å². The van der Waals surface area contributed by atoms with E-state index in [2.05, 4.69) is 12.1 Å². The lowest BCUT2D eigenvalue weighted by atomic mass is 10.2. The summed E-state index contributed by atoms with van der Waals surface area (Å²) in [4.78, 5) is 12.1. The van der Waals surface area contributed by atoms with E-state index in [9.17, 15) is 18.0 Å². The largest absolute Gasteiger partial charge is 0.479 e. The molecule has 0 saturated carbocycles. The van der Waals surface area contributed by atoms with Gasteiger partial charge in [-0.2, -0.15) is 24.9 Å². The smallest absolute Gasteiger partial charge is 0.416 e. The van der Waals surface area contributed by atoms with Crippen LogP contribution in [0, 0.1) is 0 Å². The molecule has 3 rings (SSSR count). The van der Waals surface area contributed by atoms with E-state index in [-0.39, 0.29) is 5.75 Å². The van der Waals surface area contributed by atoms with Crippen LogP contribution in [0.25, 0.3) is 0 Å². The standard InChI is InChI=1S/C25H23F3O4S/c1-18(24(29)30-15-16-33-17-19-5-3-2-4-6-19)31-21-11-13-23(14-12-21)32-22-9-7-20(8-10-22)25(26,27)28/h2-14,18H,15-17H2,1H3. The SMILES string of the molecule is CC(Oc1ccc(Oc2ccc(C(F)(F)F)cc2)cc1)C(=O)OCCSCc1ccccc1. The fourth-order valence-electron chi connectivity index (χ4n) is 2.77. The van der Waals surface area contributed by atoms with Gasteiger partial charge in [-0.15, -0.1) is 0 Å². The Hall–Kier alpha value is -3.13. The molecular weight excluding hydrogens is 453 g/mol. The second-order valence-corrected chi connectivity index (χ2v) is 8.17. The molecule has 0 aromatic heterocycles. The molecule has 174 valence electrons. The molecule has 0 fully saturated rings. The van der Waals surface area contributed by atoms with Crippen LogP contribution < -0.4 is 9.47 Å².